The zero-order chi connectivity index (χ0) is 16.8. The molecule has 6 nitrogen and oxygen atoms in total. The molecule has 0 aliphatic carbocycles. The van der Waals surface area contributed by atoms with Crippen LogP contribution in [-0.2, 0) is 10.0 Å². The number of carboxylic acid groups (broad SMARTS) is 1. The number of benzene rings is 1. The summed E-state index contributed by atoms with van der Waals surface area (Å²) in [5, 5.41) is 12.2. The molecule has 0 radical (unpaired) electrons. The van der Waals surface area contributed by atoms with Crippen LogP contribution in [0.2, 0.25) is 0 Å². The number of rotatable bonds is 9. The van der Waals surface area contributed by atoms with Gasteiger partial charge in [-0.2, -0.15) is 0 Å². The molecule has 0 spiro atoms. The van der Waals surface area contributed by atoms with Crippen LogP contribution >= 0.6 is 0 Å². The lowest BCUT2D eigenvalue weighted by atomic mass is 10.1. The number of hydrogen-bond donors (Lipinski definition) is 3. The van der Waals surface area contributed by atoms with E-state index in [9.17, 15) is 13.2 Å². The van der Waals surface area contributed by atoms with E-state index in [1.165, 1.54) is 18.2 Å². The van der Waals surface area contributed by atoms with Gasteiger partial charge in [-0.3, -0.25) is 0 Å². The predicted octanol–water partition coefficient (Wildman–Crippen LogP) is 2.45. The number of hydrogen-bond acceptors (Lipinski definition) is 4. The minimum absolute atomic E-state index is 0.0720. The number of nitrogens with one attached hydrogen (secondary N) is 2. The average Bonchev–Trinajstić information content (AvgIpc) is 2.45. The normalized spacial score (nSPS) is 12.6. The molecule has 0 fully saturated rings. The van der Waals surface area contributed by atoms with Crippen molar-refractivity contribution in [3.8, 4) is 0 Å². The van der Waals surface area contributed by atoms with Gasteiger partial charge in [0.25, 0.3) is 0 Å². The van der Waals surface area contributed by atoms with Gasteiger partial charge in [-0.1, -0.05) is 19.4 Å². The molecule has 122 valence electrons. The zero-order valence-corrected chi connectivity index (χ0v) is 13.6. The van der Waals surface area contributed by atoms with Crippen LogP contribution in [0.4, 0.5) is 5.69 Å². The highest BCUT2D eigenvalue weighted by molar-refractivity contribution is 7.89. The molecule has 0 aliphatic heterocycles. The van der Waals surface area contributed by atoms with Gasteiger partial charge < -0.3 is 10.4 Å². The Bertz CT molecular complexity index is 641. The highest BCUT2D eigenvalue weighted by atomic mass is 32.2. The van der Waals surface area contributed by atoms with Crippen molar-refractivity contribution in [3.63, 3.8) is 0 Å². The third-order valence-electron chi connectivity index (χ3n) is 3.06. The molecule has 1 aromatic rings. The van der Waals surface area contributed by atoms with E-state index in [2.05, 4.69) is 16.6 Å². The fraction of sp³-hybridized carbons (Fsp3) is 0.400. The molecule has 0 saturated heterocycles. The third-order valence-corrected chi connectivity index (χ3v) is 4.52. The van der Waals surface area contributed by atoms with Crippen molar-refractivity contribution in [2.75, 3.05) is 11.9 Å². The summed E-state index contributed by atoms with van der Waals surface area (Å²) in [5.41, 5.74) is 0.315. The van der Waals surface area contributed by atoms with Gasteiger partial charge in [-0.25, -0.2) is 17.9 Å². The van der Waals surface area contributed by atoms with E-state index < -0.39 is 16.0 Å². The molecule has 0 aromatic heterocycles. The molecule has 0 aliphatic rings. The molecule has 1 unspecified atom stereocenters. The largest absolute Gasteiger partial charge is 0.478 e. The fourth-order valence-electron chi connectivity index (χ4n) is 2.01. The number of aromatic carboxylic acids is 1. The van der Waals surface area contributed by atoms with Crippen LogP contribution < -0.4 is 10.0 Å². The van der Waals surface area contributed by atoms with Gasteiger partial charge in [-0.05, 0) is 31.5 Å². The number of carbonyl (C=O) groups is 1. The molecule has 0 heterocycles. The minimum Gasteiger partial charge on any atom is -0.478 e. The smallest absolute Gasteiger partial charge is 0.335 e. The van der Waals surface area contributed by atoms with Gasteiger partial charge >= 0.3 is 5.97 Å². The summed E-state index contributed by atoms with van der Waals surface area (Å²) in [6.45, 7) is 7.52. The maximum Gasteiger partial charge on any atom is 0.335 e. The van der Waals surface area contributed by atoms with Crippen molar-refractivity contribution < 1.29 is 18.3 Å². The molecule has 1 aromatic carbocycles. The first kappa shape index (κ1) is 18.2. The maximum absolute atomic E-state index is 12.3. The fourth-order valence-corrected chi connectivity index (χ4v) is 3.21. The third kappa shape index (κ3) is 4.85. The lowest BCUT2D eigenvalue weighted by Crippen LogP contribution is -2.26. The number of sulfonamides is 1. The molecular weight excluding hydrogens is 304 g/mol. The van der Waals surface area contributed by atoms with Gasteiger partial charge in [0.15, 0.2) is 0 Å². The molecule has 7 heteroatoms. The topological polar surface area (TPSA) is 95.5 Å². The minimum atomic E-state index is -3.82. The van der Waals surface area contributed by atoms with E-state index in [1.807, 2.05) is 13.8 Å². The van der Waals surface area contributed by atoms with Crippen molar-refractivity contribution >= 4 is 21.7 Å². The first-order valence-corrected chi connectivity index (χ1v) is 8.54. The summed E-state index contributed by atoms with van der Waals surface area (Å²) in [6, 6.07) is 4.11. The van der Waals surface area contributed by atoms with Crippen LogP contribution in [0.25, 0.3) is 0 Å². The molecule has 0 amide bonds. The number of carboxylic acids is 1. The Hall–Kier alpha value is -1.86. The molecule has 1 atom stereocenters. The van der Waals surface area contributed by atoms with Crippen molar-refractivity contribution in [1.29, 1.82) is 0 Å². The summed E-state index contributed by atoms with van der Waals surface area (Å²) in [4.78, 5) is 11.0. The lowest BCUT2D eigenvalue weighted by molar-refractivity contribution is 0.0696. The van der Waals surface area contributed by atoms with Crippen LogP contribution in [-0.4, -0.2) is 32.1 Å². The van der Waals surface area contributed by atoms with Gasteiger partial charge in [0.2, 0.25) is 10.0 Å². The Morgan fingerprint density at radius 1 is 1.45 bits per heavy atom. The Balaban J connectivity index is 3.26. The van der Waals surface area contributed by atoms with E-state index >= 15 is 0 Å². The Morgan fingerprint density at radius 3 is 2.68 bits per heavy atom. The first-order valence-electron chi connectivity index (χ1n) is 7.06. The standard InChI is InChI=1S/C15H22N2O4S/c1-4-6-11(3)17-13-8-7-12(15(18)19)10-14(13)22(20,21)16-9-5-2/h5,7-8,10-11,16-17H,2,4,6,9H2,1,3H3,(H,18,19). The predicted molar refractivity (Wildman–Crippen MR) is 86.8 cm³/mol. The van der Waals surface area contributed by atoms with Crippen molar-refractivity contribution in [2.24, 2.45) is 0 Å². The summed E-state index contributed by atoms with van der Waals surface area (Å²) in [5.74, 6) is -1.17. The lowest BCUT2D eigenvalue weighted by Gasteiger charge is -2.18. The van der Waals surface area contributed by atoms with Crippen molar-refractivity contribution in [2.45, 2.75) is 37.6 Å². The molecule has 0 bridgehead atoms. The van der Waals surface area contributed by atoms with Gasteiger partial charge in [0.05, 0.1) is 11.3 Å². The van der Waals surface area contributed by atoms with Crippen LogP contribution in [0, 0.1) is 0 Å². The molecular formula is C15H22N2O4S. The Labute approximate surface area is 131 Å². The zero-order valence-electron chi connectivity index (χ0n) is 12.8. The van der Waals surface area contributed by atoms with E-state index in [0.717, 1.165) is 18.9 Å². The van der Waals surface area contributed by atoms with Crippen LogP contribution in [0.3, 0.4) is 0 Å². The number of anilines is 1. The summed E-state index contributed by atoms with van der Waals surface area (Å²) < 4.78 is 27.0. The van der Waals surface area contributed by atoms with E-state index in [0.29, 0.717) is 5.69 Å². The van der Waals surface area contributed by atoms with Crippen molar-refractivity contribution in [3.05, 3.63) is 36.4 Å². The average molecular weight is 326 g/mol. The van der Waals surface area contributed by atoms with Crippen LogP contribution in [0.15, 0.2) is 35.7 Å². The Kier molecular flexibility index (Phi) is 6.58. The molecule has 0 saturated carbocycles. The second-order valence-electron chi connectivity index (χ2n) is 4.99. The Morgan fingerprint density at radius 2 is 2.14 bits per heavy atom. The summed E-state index contributed by atoms with van der Waals surface area (Å²) in [7, 11) is -3.82. The monoisotopic (exact) mass is 326 g/mol. The molecule has 1 rings (SSSR count). The molecule has 3 N–H and O–H groups in total. The van der Waals surface area contributed by atoms with Crippen molar-refractivity contribution in [1.82, 2.24) is 4.72 Å². The first-order chi connectivity index (χ1) is 10.3. The SMILES string of the molecule is C=CCNS(=O)(=O)c1cc(C(=O)O)ccc1NC(C)CCC. The maximum atomic E-state index is 12.3. The highest BCUT2D eigenvalue weighted by Gasteiger charge is 2.21. The second kappa shape index (κ2) is 7.95. The van der Waals surface area contributed by atoms with Gasteiger partial charge in [0, 0.05) is 12.6 Å². The summed E-state index contributed by atoms with van der Waals surface area (Å²) >= 11 is 0. The van der Waals surface area contributed by atoms with Crippen LogP contribution in [0.1, 0.15) is 37.0 Å². The van der Waals surface area contributed by atoms with E-state index in [-0.39, 0.29) is 23.0 Å². The highest BCUT2D eigenvalue weighted by Crippen LogP contribution is 2.24. The quantitative estimate of drug-likeness (QED) is 0.606. The van der Waals surface area contributed by atoms with Gasteiger partial charge in [-0.15, -0.1) is 6.58 Å². The molecule has 22 heavy (non-hydrogen) atoms. The van der Waals surface area contributed by atoms with Gasteiger partial charge in [0.1, 0.15) is 4.90 Å². The summed E-state index contributed by atoms with van der Waals surface area (Å²) in [6.07, 6.45) is 3.25. The van der Waals surface area contributed by atoms with Crippen LogP contribution in [0.5, 0.6) is 0 Å². The second-order valence-corrected chi connectivity index (χ2v) is 6.73. The van der Waals surface area contributed by atoms with E-state index in [1.54, 1.807) is 0 Å². The van der Waals surface area contributed by atoms with E-state index in [4.69, 9.17) is 5.11 Å².